The van der Waals surface area contributed by atoms with Crippen LogP contribution in [0.5, 0.6) is 11.5 Å². The molecule has 0 bridgehead atoms. The van der Waals surface area contributed by atoms with Crippen LogP contribution in [0.15, 0.2) is 130 Å². The fourth-order valence-electron chi connectivity index (χ4n) is 7.29. The molecule has 0 aromatic heterocycles. The number of rotatable bonds is 8. The summed E-state index contributed by atoms with van der Waals surface area (Å²) >= 11 is 4.83. The third-order valence-corrected chi connectivity index (χ3v) is 11.1. The van der Waals surface area contributed by atoms with Crippen LogP contribution in [0, 0.1) is 0 Å². The number of hydrogen-bond donors (Lipinski definition) is 1. The average molecular weight is 743 g/mol. The minimum atomic E-state index is -0.168. The summed E-state index contributed by atoms with van der Waals surface area (Å²) in [6.07, 6.45) is 3.99. The number of thioether (sulfide) groups is 1. The third kappa shape index (κ3) is 6.70. The van der Waals surface area contributed by atoms with Crippen molar-refractivity contribution in [2.24, 2.45) is 4.99 Å². The zero-order valence-electron chi connectivity index (χ0n) is 27.6. The Labute approximate surface area is 305 Å². The van der Waals surface area contributed by atoms with Crippen molar-refractivity contribution in [1.82, 2.24) is 5.32 Å². The molecule has 0 aliphatic carbocycles. The molecular formula is C42H36BrN3O3S. The van der Waals surface area contributed by atoms with Crippen LogP contribution in [0.4, 0.5) is 11.4 Å². The molecule has 0 saturated carbocycles. The molecule has 5 aromatic rings. The molecule has 1 saturated heterocycles. The van der Waals surface area contributed by atoms with E-state index < -0.39 is 0 Å². The first-order valence-corrected chi connectivity index (χ1v) is 18.5. The Balaban J connectivity index is 1.09. The largest absolute Gasteiger partial charge is 0.493 e. The van der Waals surface area contributed by atoms with E-state index in [0.717, 1.165) is 47.2 Å². The van der Waals surface area contributed by atoms with Crippen molar-refractivity contribution in [3.63, 3.8) is 0 Å². The number of amides is 1. The second kappa shape index (κ2) is 14.2. The van der Waals surface area contributed by atoms with Crippen LogP contribution in [0.2, 0.25) is 0 Å². The van der Waals surface area contributed by atoms with Gasteiger partial charge in [0.2, 0.25) is 0 Å². The van der Waals surface area contributed by atoms with Gasteiger partial charge in [-0.3, -0.25) is 4.79 Å². The molecule has 8 heteroatoms. The molecule has 1 N–H and O–H groups in total. The second-order valence-corrected chi connectivity index (χ2v) is 14.7. The van der Waals surface area contributed by atoms with Crippen molar-refractivity contribution in [2.75, 3.05) is 25.1 Å². The van der Waals surface area contributed by atoms with Crippen molar-refractivity contribution < 1.29 is 14.3 Å². The highest BCUT2D eigenvalue weighted by molar-refractivity contribution is 9.10. The Hall–Kier alpha value is -4.79. The Bertz CT molecular complexity index is 2030. The number of nitrogens with one attached hydrogen (secondary N) is 1. The lowest BCUT2D eigenvalue weighted by atomic mass is 9.76. The van der Waals surface area contributed by atoms with E-state index in [0.29, 0.717) is 28.2 Å². The van der Waals surface area contributed by atoms with Crippen LogP contribution in [0.25, 0.3) is 6.08 Å². The molecule has 50 heavy (non-hydrogen) atoms. The molecule has 1 fully saturated rings. The van der Waals surface area contributed by atoms with Crippen LogP contribution in [0.1, 0.15) is 58.1 Å². The van der Waals surface area contributed by atoms with Gasteiger partial charge >= 0.3 is 0 Å². The van der Waals surface area contributed by atoms with E-state index in [9.17, 15) is 4.79 Å². The number of aliphatic imine (C=N–C) groups is 1. The van der Waals surface area contributed by atoms with Crippen molar-refractivity contribution in [2.45, 2.75) is 31.3 Å². The van der Waals surface area contributed by atoms with Gasteiger partial charge in [0.1, 0.15) is 6.61 Å². The number of halogens is 1. The van der Waals surface area contributed by atoms with Gasteiger partial charge in [-0.15, -0.1) is 0 Å². The molecule has 5 aromatic carbocycles. The molecule has 6 nitrogen and oxygen atoms in total. The number of anilines is 1. The monoisotopic (exact) mass is 741 g/mol. The first kappa shape index (κ1) is 32.4. The summed E-state index contributed by atoms with van der Waals surface area (Å²) in [6.45, 7) is 2.50. The minimum absolute atomic E-state index is 0.168. The standard InChI is InChI=1S/C42H36BrN3O3S/c1-48-38-22-28(14-17-37(38)49-26-27-12-15-31(43)16-13-27)23-39-41(47)45-42(50-39)44-32-24-35-33(29-8-4-2-5-9-29)18-20-46-21-19-34(36(25-32)40(35)46)30-10-6-3-7-11-30/h2-17,22-25,33-34H,18-21,26H2,1H3,(H,44,45,47)/b39-23-/t33-,34+. The summed E-state index contributed by atoms with van der Waals surface area (Å²) in [6, 6.07) is 39.8. The van der Waals surface area contributed by atoms with Gasteiger partial charge in [0, 0.05) is 35.1 Å². The topological polar surface area (TPSA) is 63.2 Å². The van der Waals surface area contributed by atoms with E-state index in [1.54, 1.807) is 7.11 Å². The molecule has 0 unspecified atom stereocenters. The van der Waals surface area contributed by atoms with Crippen molar-refractivity contribution in [3.05, 3.63) is 158 Å². The Morgan fingerprint density at radius 1 is 0.840 bits per heavy atom. The second-order valence-electron chi connectivity index (χ2n) is 12.8. The number of carbonyl (C=O) groups is 1. The van der Waals surface area contributed by atoms with Gasteiger partial charge in [-0.05, 0) is 100 Å². The van der Waals surface area contributed by atoms with Gasteiger partial charge < -0.3 is 19.7 Å². The summed E-state index contributed by atoms with van der Waals surface area (Å²) in [5.74, 6) is 1.65. The first-order chi connectivity index (χ1) is 24.5. The number of ether oxygens (including phenoxy) is 2. The normalized spacial score (nSPS) is 19.7. The molecular weight excluding hydrogens is 706 g/mol. The van der Waals surface area contributed by atoms with Gasteiger partial charge in [-0.2, -0.15) is 0 Å². The minimum Gasteiger partial charge on any atom is -0.493 e. The summed E-state index contributed by atoms with van der Waals surface area (Å²) in [5, 5.41) is 3.59. The Morgan fingerprint density at radius 3 is 2.10 bits per heavy atom. The molecule has 1 amide bonds. The van der Waals surface area contributed by atoms with Crippen LogP contribution < -0.4 is 19.7 Å². The first-order valence-electron chi connectivity index (χ1n) is 16.9. The fourth-order valence-corrected chi connectivity index (χ4v) is 8.39. The lowest BCUT2D eigenvalue weighted by Gasteiger charge is -2.43. The summed E-state index contributed by atoms with van der Waals surface area (Å²) in [4.78, 5) is 21.4. The maximum Gasteiger partial charge on any atom is 0.264 e. The quantitative estimate of drug-likeness (QED) is 0.161. The zero-order valence-corrected chi connectivity index (χ0v) is 30.0. The third-order valence-electron chi connectivity index (χ3n) is 9.67. The van der Waals surface area contributed by atoms with E-state index in [1.165, 1.54) is 39.7 Å². The molecule has 2 atom stereocenters. The predicted octanol–water partition coefficient (Wildman–Crippen LogP) is 9.81. The number of methoxy groups -OCH3 is 1. The highest BCUT2D eigenvalue weighted by Crippen LogP contribution is 2.50. The molecule has 3 aliphatic rings. The van der Waals surface area contributed by atoms with Crippen molar-refractivity contribution >= 4 is 56.2 Å². The van der Waals surface area contributed by atoms with Crippen molar-refractivity contribution in [3.8, 4) is 11.5 Å². The SMILES string of the molecule is COc1cc(/C=C2\SC(=Nc3cc4c5c(c3)[C@H](c3ccccc3)CCN5CC[C@@H]4c3ccccc3)NC2=O)ccc1OCc1ccc(Br)cc1. The molecule has 0 spiro atoms. The number of benzene rings is 5. The maximum absolute atomic E-state index is 13.2. The lowest BCUT2D eigenvalue weighted by molar-refractivity contribution is -0.115. The van der Waals surface area contributed by atoms with E-state index in [1.807, 2.05) is 48.5 Å². The highest BCUT2D eigenvalue weighted by atomic mass is 79.9. The lowest BCUT2D eigenvalue weighted by Crippen LogP contribution is -2.37. The summed E-state index contributed by atoms with van der Waals surface area (Å²) in [5.41, 5.74) is 9.41. The van der Waals surface area contributed by atoms with E-state index >= 15 is 0 Å². The number of amidine groups is 1. The van der Waals surface area contributed by atoms with Crippen LogP contribution >= 0.6 is 27.7 Å². The molecule has 3 heterocycles. The number of hydrogen-bond acceptors (Lipinski definition) is 6. The molecule has 8 rings (SSSR count). The van der Waals surface area contributed by atoms with Gasteiger partial charge in [0.15, 0.2) is 16.7 Å². The van der Waals surface area contributed by atoms with Crippen LogP contribution in [0.3, 0.4) is 0 Å². The van der Waals surface area contributed by atoms with Gasteiger partial charge in [0.05, 0.1) is 17.7 Å². The molecule has 0 radical (unpaired) electrons. The number of carbonyl (C=O) groups excluding carboxylic acids is 1. The maximum atomic E-state index is 13.2. The fraction of sp³-hybridized carbons (Fsp3) is 0.190. The number of nitrogens with zero attached hydrogens (tertiary/aromatic N) is 2. The smallest absolute Gasteiger partial charge is 0.264 e. The van der Waals surface area contributed by atoms with Gasteiger partial charge in [-0.25, -0.2) is 4.99 Å². The van der Waals surface area contributed by atoms with Gasteiger partial charge in [-0.1, -0.05) is 94.8 Å². The summed E-state index contributed by atoms with van der Waals surface area (Å²) in [7, 11) is 1.62. The van der Waals surface area contributed by atoms with Crippen LogP contribution in [-0.4, -0.2) is 31.3 Å². The molecule has 250 valence electrons. The molecule has 3 aliphatic heterocycles. The Morgan fingerprint density at radius 2 is 1.48 bits per heavy atom. The zero-order chi connectivity index (χ0) is 34.0. The van der Waals surface area contributed by atoms with Gasteiger partial charge in [0.25, 0.3) is 5.91 Å². The average Bonchev–Trinajstić information content (AvgIpc) is 3.49. The summed E-state index contributed by atoms with van der Waals surface area (Å²) < 4.78 is 12.7. The van der Waals surface area contributed by atoms with Crippen molar-refractivity contribution in [1.29, 1.82) is 0 Å². The predicted molar refractivity (Wildman–Crippen MR) is 207 cm³/mol. The Kier molecular flexibility index (Phi) is 9.21. The van der Waals surface area contributed by atoms with E-state index in [4.69, 9.17) is 14.5 Å². The van der Waals surface area contributed by atoms with Crippen LogP contribution in [-0.2, 0) is 11.4 Å². The van der Waals surface area contributed by atoms with E-state index in [-0.39, 0.29) is 17.7 Å². The highest BCUT2D eigenvalue weighted by Gasteiger charge is 2.35. The van der Waals surface area contributed by atoms with E-state index in [2.05, 4.69) is 98.9 Å².